The van der Waals surface area contributed by atoms with Gasteiger partial charge >= 0.3 is 0 Å². The second-order valence-electron chi connectivity index (χ2n) is 6.29. The van der Waals surface area contributed by atoms with E-state index in [0.29, 0.717) is 23.6 Å². The largest absolute Gasteiger partial charge is 0.454 e. The Morgan fingerprint density at radius 2 is 1.88 bits per heavy atom. The van der Waals surface area contributed by atoms with E-state index in [2.05, 4.69) is 10.0 Å². The predicted molar refractivity (Wildman–Crippen MR) is 93.5 cm³/mol. The number of carbonyl (C=O) groups is 1. The van der Waals surface area contributed by atoms with Crippen molar-refractivity contribution < 1.29 is 22.7 Å². The third kappa shape index (κ3) is 3.66. The van der Waals surface area contributed by atoms with Gasteiger partial charge in [0, 0.05) is 18.2 Å². The molecule has 136 valence electrons. The summed E-state index contributed by atoms with van der Waals surface area (Å²) in [5.41, 5.74) is 1.16. The summed E-state index contributed by atoms with van der Waals surface area (Å²) in [5, 5.41) is 2.79. The molecule has 26 heavy (non-hydrogen) atoms. The van der Waals surface area contributed by atoms with Crippen LogP contribution < -0.4 is 19.5 Å². The molecule has 0 bridgehead atoms. The van der Waals surface area contributed by atoms with Gasteiger partial charge in [-0.2, -0.15) is 0 Å². The molecule has 7 nitrogen and oxygen atoms in total. The molecule has 0 unspecified atom stereocenters. The van der Waals surface area contributed by atoms with E-state index in [0.717, 1.165) is 18.4 Å². The second-order valence-corrected chi connectivity index (χ2v) is 8.01. The lowest BCUT2D eigenvalue weighted by Gasteiger charge is -2.09. The molecule has 1 heterocycles. The molecule has 2 aromatic rings. The first-order valence-corrected chi connectivity index (χ1v) is 9.79. The lowest BCUT2D eigenvalue weighted by Crippen LogP contribution is -2.27. The lowest BCUT2D eigenvalue weighted by atomic mass is 10.2. The summed E-state index contributed by atoms with van der Waals surface area (Å²) in [7, 11) is -3.59. The van der Waals surface area contributed by atoms with Crippen molar-refractivity contribution in [1.82, 2.24) is 10.0 Å². The van der Waals surface area contributed by atoms with Crippen molar-refractivity contribution in [3.05, 3.63) is 53.6 Å². The van der Waals surface area contributed by atoms with Gasteiger partial charge < -0.3 is 14.8 Å². The van der Waals surface area contributed by atoms with Gasteiger partial charge in [0.05, 0.1) is 4.90 Å². The smallest absolute Gasteiger partial charge is 0.251 e. The summed E-state index contributed by atoms with van der Waals surface area (Å²) in [4.78, 5) is 12.5. The Morgan fingerprint density at radius 3 is 2.69 bits per heavy atom. The van der Waals surface area contributed by atoms with Gasteiger partial charge in [-0.25, -0.2) is 13.1 Å². The molecule has 8 heteroatoms. The molecule has 1 aliphatic carbocycles. The van der Waals surface area contributed by atoms with Crippen LogP contribution in [0.2, 0.25) is 0 Å². The first-order chi connectivity index (χ1) is 12.5. The minimum absolute atomic E-state index is 0.0171. The highest BCUT2D eigenvalue weighted by Crippen LogP contribution is 2.32. The third-order valence-corrected chi connectivity index (χ3v) is 5.71. The van der Waals surface area contributed by atoms with Crippen molar-refractivity contribution in [2.75, 3.05) is 6.79 Å². The van der Waals surface area contributed by atoms with Crippen LogP contribution in [-0.4, -0.2) is 27.2 Å². The van der Waals surface area contributed by atoms with Crippen LogP contribution in [0.15, 0.2) is 47.4 Å². The number of rotatable bonds is 6. The van der Waals surface area contributed by atoms with Crippen LogP contribution >= 0.6 is 0 Å². The molecule has 1 fully saturated rings. The van der Waals surface area contributed by atoms with Gasteiger partial charge in [-0.05, 0) is 48.7 Å². The normalized spacial score (nSPS) is 15.7. The van der Waals surface area contributed by atoms with E-state index < -0.39 is 10.0 Å². The molecule has 0 radical (unpaired) electrons. The van der Waals surface area contributed by atoms with Gasteiger partial charge in [0.15, 0.2) is 11.5 Å². The highest BCUT2D eigenvalue weighted by molar-refractivity contribution is 7.89. The van der Waals surface area contributed by atoms with Crippen LogP contribution in [-0.2, 0) is 16.6 Å². The molecule has 2 aromatic carbocycles. The molecule has 0 atom stereocenters. The zero-order chi connectivity index (χ0) is 18.1. The molecule has 2 N–H and O–H groups in total. The van der Waals surface area contributed by atoms with Crippen LogP contribution in [0.25, 0.3) is 0 Å². The standard InChI is InChI=1S/C18H18N2O5S/c21-18(19-10-12-4-7-16-17(8-12)25-11-24-16)13-2-1-3-15(9-13)26(22,23)20-14-5-6-14/h1-4,7-9,14,20H,5-6,10-11H2,(H,19,21). The third-order valence-electron chi connectivity index (χ3n) is 4.20. The number of nitrogens with one attached hydrogen (secondary N) is 2. The fourth-order valence-electron chi connectivity index (χ4n) is 2.63. The summed E-state index contributed by atoms with van der Waals surface area (Å²) in [6.07, 6.45) is 1.71. The lowest BCUT2D eigenvalue weighted by molar-refractivity contribution is 0.0950. The zero-order valence-electron chi connectivity index (χ0n) is 13.9. The number of ether oxygens (including phenoxy) is 2. The van der Waals surface area contributed by atoms with E-state index in [1.54, 1.807) is 18.2 Å². The van der Waals surface area contributed by atoms with E-state index in [-0.39, 0.29) is 23.6 Å². The summed E-state index contributed by atoms with van der Waals surface area (Å²) >= 11 is 0. The SMILES string of the molecule is O=C(NCc1ccc2c(c1)OCO2)c1cccc(S(=O)(=O)NC2CC2)c1. The predicted octanol–water partition coefficient (Wildman–Crippen LogP) is 1.79. The molecular weight excluding hydrogens is 356 g/mol. The van der Waals surface area contributed by atoms with E-state index in [4.69, 9.17) is 9.47 Å². The van der Waals surface area contributed by atoms with Crippen LogP contribution in [0.5, 0.6) is 11.5 Å². The molecule has 2 aliphatic rings. The van der Waals surface area contributed by atoms with E-state index in [9.17, 15) is 13.2 Å². The summed E-state index contributed by atoms with van der Waals surface area (Å²) in [5.74, 6) is 0.989. The van der Waals surface area contributed by atoms with Crippen molar-refractivity contribution in [2.24, 2.45) is 0 Å². The number of hydrogen-bond acceptors (Lipinski definition) is 5. The summed E-state index contributed by atoms with van der Waals surface area (Å²) in [6.45, 7) is 0.494. The van der Waals surface area contributed by atoms with Crippen molar-refractivity contribution >= 4 is 15.9 Å². The first-order valence-electron chi connectivity index (χ1n) is 8.30. The summed E-state index contributed by atoms with van der Waals surface area (Å²) in [6, 6.07) is 11.5. The average Bonchev–Trinajstić information content (AvgIpc) is 3.31. The molecular formula is C18H18N2O5S. The van der Waals surface area contributed by atoms with Gasteiger partial charge in [0.25, 0.3) is 5.91 Å². The molecule has 1 aliphatic heterocycles. The molecule has 1 saturated carbocycles. The van der Waals surface area contributed by atoms with Gasteiger partial charge in [-0.15, -0.1) is 0 Å². The number of amides is 1. The average molecular weight is 374 g/mol. The van der Waals surface area contributed by atoms with Crippen molar-refractivity contribution in [2.45, 2.75) is 30.3 Å². The quantitative estimate of drug-likeness (QED) is 0.804. The second kappa shape index (κ2) is 6.62. The maximum atomic E-state index is 12.4. The maximum absolute atomic E-state index is 12.4. The van der Waals surface area contributed by atoms with Crippen molar-refractivity contribution in [3.8, 4) is 11.5 Å². The summed E-state index contributed by atoms with van der Waals surface area (Å²) < 4.78 is 37.7. The Kier molecular flexibility index (Phi) is 4.29. The fourth-order valence-corrected chi connectivity index (χ4v) is 3.98. The molecule has 4 rings (SSSR count). The molecule has 1 amide bonds. The highest BCUT2D eigenvalue weighted by atomic mass is 32.2. The number of fused-ring (bicyclic) bond motifs is 1. The van der Waals surface area contributed by atoms with Gasteiger partial charge in [-0.1, -0.05) is 12.1 Å². The fraction of sp³-hybridized carbons (Fsp3) is 0.278. The van der Waals surface area contributed by atoms with Crippen LogP contribution in [0.3, 0.4) is 0 Å². The first kappa shape index (κ1) is 16.9. The zero-order valence-corrected chi connectivity index (χ0v) is 14.7. The van der Waals surface area contributed by atoms with E-state index >= 15 is 0 Å². The van der Waals surface area contributed by atoms with Crippen molar-refractivity contribution in [1.29, 1.82) is 0 Å². The highest BCUT2D eigenvalue weighted by Gasteiger charge is 2.28. The molecule has 0 spiro atoms. The number of hydrogen-bond donors (Lipinski definition) is 2. The Hall–Kier alpha value is -2.58. The number of carbonyl (C=O) groups excluding carboxylic acids is 1. The number of sulfonamides is 1. The number of benzene rings is 2. The van der Waals surface area contributed by atoms with Gasteiger partial charge in [0.2, 0.25) is 16.8 Å². The van der Waals surface area contributed by atoms with E-state index in [1.807, 2.05) is 12.1 Å². The van der Waals surface area contributed by atoms with Crippen LogP contribution in [0.1, 0.15) is 28.8 Å². The Labute approximate surface area is 151 Å². The topological polar surface area (TPSA) is 93.7 Å². The van der Waals surface area contributed by atoms with E-state index in [1.165, 1.54) is 12.1 Å². The van der Waals surface area contributed by atoms with Gasteiger partial charge in [-0.3, -0.25) is 4.79 Å². The maximum Gasteiger partial charge on any atom is 0.251 e. The minimum Gasteiger partial charge on any atom is -0.454 e. The van der Waals surface area contributed by atoms with Gasteiger partial charge in [0.1, 0.15) is 0 Å². The van der Waals surface area contributed by atoms with Crippen LogP contribution in [0, 0.1) is 0 Å². The molecule has 0 aromatic heterocycles. The Balaban J connectivity index is 1.44. The molecule has 0 saturated heterocycles. The van der Waals surface area contributed by atoms with Crippen molar-refractivity contribution in [3.63, 3.8) is 0 Å². The monoisotopic (exact) mass is 374 g/mol. The Bertz CT molecular complexity index is 954. The minimum atomic E-state index is -3.59. The Morgan fingerprint density at radius 1 is 1.08 bits per heavy atom. The van der Waals surface area contributed by atoms with Crippen LogP contribution in [0.4, 0.5) is 0 Å².